The van der Waals surface area contributed by atoms with Gasteiger partial charge in [0.15, 0.2) is 5.67 Å². The number of halogens is 1. The number of aryl methyl sites for hydroxylation is 1. The Morgan fingerprint density at radius 1 is 1.25 bits per heavy atom. The lowest BCUT2D eigenvalue weighted by Gasteiger charge is -2.35. The van der Waals surface area contributed by atoms with Crippen molar-refractivity contribution in [2.45, 2.75) is 37.5 Å². The summed E-state index contributed by atoms with van der Waals surface area (Å²) in [7, 11) is 1.94. The van der Waals surface area contributed by atoms with Gasteiger partial charge >= 0.3 is 0 Å². The molecule has 2 fully saturated rings. The van der Waals surface area contributed by atoms with Crippen molar-refractivity contribution in [3.05, 3.63) is 35.8 Å². The summed E-state index contributed by atoms with van der Waals surface area (Å²) in [5, 5.41) is 3.65. The topological polar surface area (TPSA) is 96.7 Å². The number of amides is 1. The molecule has 3 aliphatic heterocycles. The van der Waals surface area contributed by atoms with Crippen LogP contribution in [0.4, 0.5) is 10.2 Å². The first-order chi connectivity index (χ1) is 17.4. The van der Waals surface area contributed by atoms with Crippen LogP contribution >= 0.6 is 0 Å². The Morgan fingerprint density at radius 2 is 2.11 bits per heavy atom. The molecule has 0 bridgehead atoms. The predicted molar refractivity (Wildman–Crippen MR) is 130 cm³/mol. The highest BCUT2D eigenvalue weighted by Gasteiger charge is 2.45. The van der Waals surface area contributed by atoms with Crippen molar-refractivity contribution >= 4 is 22.6 Å². The van der Waals surface area contributed by atoms with E-state index in [1.165, 1.54) is 6.92 Å². The summed E-state index contributed by atoms with van der Waals surface area (Å²) in [4.78, 5) is 21.1. The standard InChI is InChI=1S/C26H29FN4O5/c1-16(32)29-23-9-18-19(12-31(2)21(18)11-28-23)20-10-22(35-8-4-25(27)13-34-14-25)17-3-6-36-26(24(17)30-20)5-7-33-15-26/h9-12H,3-8,13-15H2,1-2H3,(H,28,29,32). The molecule has 10 heteroatoms. The molecule has 1 unspecified atom stereocenters. The first kappa shape index (κ1) is 23.3. The van der Waals surface area contributed by atoms with Crippen LogP contribution in [-0.2, 0) is 38.1 Å². The Bertz CT molecular complexity index is 1330. The number of nitrogens with zero attached hydrogens (tertiary/aromatic N) is 3. The third-order valence-electron chi connectivity index (χ3n) is 7.22. The van der Waals surface area contributed by atoms with Gasteiger partial charge in [0.05, 0.1) is 56.1 Å². The van der Waals surface area contributed by atoms with Crippen molar-refractivity contribution in [3.63, 3.8) is 0 Å². The van der Waals surface area contributed by atoms with Gasteiger partial charge in [-0.1, -0.05) is 0 Å². The number of hydrogen-bond acceptors (Lipinski definition) is 7. The molecule has 3 aromatic heterocycles. The summed E-state index contributed by atoms with van der Waals surface area (Å²) in [6, 6.07) is 3.78. The van der Waals surface area contributed by atoms with Crippen LogP contribution in [0, 0.1) is 0 Å². The summed E-state index contributed by atoms with van der Waals surface area (Å²) in [6.07, 6.45) is 5.37. The molecule has 1 amide bonds. The largest absolute Gasteiger partial charge is 0.493 e. The second-order valence-corrected chi connectivity index (χ2v) is 9.89. The Kier molecular flexibility index (Phi) is 5.70. The van der Waals surface area contributed by atoms with Crippen LogP contribution in [0.5, 0.6) is 5.75 Å². The van der Waals surface area contributed by atoms with E-state index < -0.39 is 11.3 Å². The summed E-state index contributed by atoms with van der Waals surface area (Å²) >= 11 is 0. The third-order valence-corrected chi connectivity index (χ3v) is 7.22. The number of rotatable bonds is 6. The number of carbonyl (C=O) groups excluding carboxylic acids is 1. The molecular formula is C26H29FN4O5. The van der Waals surface area contributed by atoms with Gasteiger partial charge in [-0.25, -0.2) is 14.4 Å². The van der Waals surface area contributed by atoms with Crippen LogP contribution in [0.25, 0.3) is 22.2 Å². The normalized spacial score (nSPS) is 22.4. The fraction of sp³-hybridized carbons (Fsp3) is 0.500. The number of ether oxygens (including phenoxy) is 4. The van der Waals surface area contributed by atoms with E-state index in [9.17, 15) is 9.18 Å². The molecule has 0 aromatic carbocycles. The van der Waals surface area contributed by atoms with Crippen LogP contribution < -0.4 is 10.1 Å². The molecule has 1 N–H and O–H groups in total. The minimum atomic E-state index is -1.32. The Morgan fingerprint density at radius 3 is 2.83 bits per heavy atom. The van der Waals surface area contributed by atoms with E-state index in [2.05, 4.69) is 10.3 Å². The molecule has 1 spiro atoms. The Labute approximate surface area is 207 Å². The quantitative estimate of drug-likeness (QED) is 0.559. The predicted octanol–water partition coefficient (Wildman–Crippen LogP) is 3.29. The molecule has 6 heterocycles. The summed E-state index contributed by atoms with van der Waals surface area (Å²) < 4.78 is 39.8. The average Bonchev–Trinajstić information content (AvgIpc) is 3.43. The molecular weight excluding hydrogens is 467 g/mol. The second kappa shape index (κ2) is 8.79. The van der Waals surface area contributed by atoms with E-state index in [0.717, 1.165) is 27.7 Å². The van der Waals surface area contributed by atoms with E-state index in [1.54, 1.807) is 6.20 Å². The van der Waals surface area contributed by atoms with Gasteiger partial charge in [-0.3, -0.25) is 4.79 Å². The van der Waals surface area contributed by atoms with Crippen LogP contribution in [0.1, 0.15) is 31.0 Å². The monoisotopic (exact) mass is 496 g/mol. The van der Waals surface area contributed by atoms with Gasteiger partial charge in [0, 0.05) is 68.6 Å². The number of nitrogens with one attached hydrogen (secondary N) is 1. The highest BCUT2D eigenvalue weighted by Crippen LogP contribution is 2.44. The SMILES string of the molecule is CC(=O)Nc1cc2c(-c3cc(OCCC4(F)COC4)c4c(n3)C3(CCOC3)OCC4)cn(C)c2cn1. The maximum atomic E-state index is 14.5. The number of hydrogen-bond donors (Lipinski definition) is 1. The number of anilines is 1. The highest BCUT2D eigenvalue weighted by molar-refractivity contribution is 5.98. The van der Waals surface area contributed by atoms with Crippen LogP contribution in [0.3, 0.4) is 0 Å². The fourth-order valence-electron chi connectivity index (χ4n) is 5.24. The maximum Gasteiger partial charge on any atom is 0.222 e. The Balaban J connectivity index is 1.45. The van der Waals surface area contributed by atoms with Crippen LogP contribution in [-0.4, -0.2) is 65.8 Å². The lowest BCUT2D eigenvalue weighted by atomic mass is 9.89. The van der Waals surface area contributed by atoms with E-state index >= 15 is 0 Å². The smallest absolute Gasteiger partial charge is 0.222 e. The van der Waals surface area contributed by atoms with Crippen molar-refractivity contribution in [2.75, 3.05) is 45.0 Å². The molecule has 3 aromatic rings. The van der Waals surface area contributed by atoms with Gasteiger partial charge < -0.3 is 28.8 Å². The van der Waals surface area contributed by atoms with Crippen molar-refractivity contribution in [1.29, 1.82) is 0 Å². The third kappa shape index (κ3) is 4.03. The molecule has 36 heavy (non-hydrogen) atoms. The van der Waals surface area contributed by atoms with Crippen molar-refractivity contribution in [1.82, 2.24) is 14.5 Å². The lowest BCUT2D eigenvalue weighted by Crippen LogP contribution is -2.46. The molecule has 0 radical (unpaired) electrons. The number of alkyl halides is 1. The molecule has 3 aliphatic rings. The molecule has 190 valence electrons. The van der Waals surface area contributed by atoms with Crippen molar-refractivity contribution in [3.8, 4) is 17.0 Å². The molecule has 1 atom stereocenters. The van der Waals surface area contributed by atoms with E-state index in [0.29, 0.717) is 49.9 Å². The van der Waals surface area contributed by atoms with E-state index in [-0.39, 0.29) is 32.1 Å². The zero-order valence-electron chi connectivity index (χ0n) is 20.4. The first-order valence-corrected chi connectivity index (χ1v) is 12.2. The maximum absolute atomic E-state index is 14.5. The zero-order valence-corrected chi connectivity index (χ0v) is 20.4. The van der Waals surface area contributed by atoms with Gasteiger partial charge in [0.25, 0.3) is 0 Å². The van der Waals surface area contributed by atoms with Gasteiger partial charge in [0.1, 0.15) is 17.2 Å². The Hall–Kier alpha value is -3.08. The van der Waals surface area contributed by atoms with Crippen LogP contribution in [0.15, 0.2) is 24.5 Å². The van der Waals surface area contributed by atoms with Gasteiger partial charge in [-0.15, -0.1) is 0 Å². The fourth-order valence-corrected chi connectivity index (χ4v) is 5.24. The summed E-state index contributed by atoms with van der Waals surface area (Å²) in [5.74, 6) is 0.975. The van der Waals surface area contributed by atoms with Gasteiger partial charge in [-0.2, -0.15) is 0 Å². The number of fused-ring (bicyclic) bond motifs is 3. The molecule has 0 aliphatic carbocycles. The minimum absolute atomic E-state index is 0.116. The summed E-state index contributed by atoms with van der Waals surface area (Å²) in [6.45, 7) is 3.52. The van der Waals surface area contributed by atoms with Crippen molar-refractivity contribution < 1.29 is 28.1 Å². The highest BCUT2D eigenvalue weighted by atomic mass is 19.1. The average molecular weight is 497 g/mol. The molecule has 6 rings (SSSR count). The van der Waals surface area contributed by atoms with Gasteiger partial charge in [-0.05, 0) is 6.07 Å². The first-order valence-electron chi connectivity index (χ1n) is 12.2. The number of pyridine rings is 2. The number of carbonyl (C=O) groups is 1. The van der Waals surface area contributed by atoms with Gasteiger partial charge in [0.2, 0.25) is 5.91 Å². The van der Waals surface area contributed by atoms with Crippen LogP contribution in [0.2, 0.25) is 0 Å². The number of aromatic nitrogens is 3. The second-order valence-electron chi connectivity index (χ2n) is 9.89. The van der Waals surface area contributed by atoms with E-state index in [4.69, 9.17) is 23.9 Å². The van der Waals surface area contributed by atoms with E-state index in [1.807, 2.05) is 29.9 Å². The minimum Gasteiger partial charge on any atom is -0.493 e. The molecule has 0 saturated carbocycles. The zero-order chi connectivity index (χ0) is 24.9. The summed E-state index contributed by atoms with van der Waals surface area (Å²) in [5.41, 5.74) is 2.39. The lowest BCUT2D eigenvalue weighted by molar-refractivity contribution is -0.136. The molecule has 9 nitrogen and oxygen atoms in total. The van der Waals surface area contributed by atoms with Crippen molar-refractivity contribution in [2.24, 2.45) is 7.05 Å². The molecule has 2 saturated heterocycles.